The van der Waals surface area contributed by atoms with E-state index in [1.54, 1.807) is 6.92 Å². The van der Waals surface area contributed by atoms with Crippen LogP contribution in [0.25, 0.3) is 0 Å². The van der Waals surface area contributed by atoms with E-state index < -0.39 is 0 Å². The Bertz CT molecular complexity index is 194. The molecule has 2 fully saturated rings. The lowest BCUT2D eigenvalue weighted by molar-refractivity contribution is -0.142. The van der Waals surface area contributed by atoms with Crippen LogP contribution in [0.1, 0.15) is 13.3 Å². The first-order valence-corrected chi connectivity index (χ1v) is 4.86. The molecule has 74 valence electrons. The highest BCUT2D eigenvalue weighted by atomic mass is 16.5. The lowest BCUT2D eigenvalue weighted by atomic mass is 10.1. The van der Waals surface area contributed by atoms with Gasteiger partial charge in [0.15, 0.2) is 0 Å². The van der Waals surface area contributed by atoms with Crippen molar-refractivity contribution in [3.05, 3.63) is 0 Å². The van der Waals surface area contributed by atoms with Crippen LogP contribution >= 0.6 is 0 Å². The third kappa shape index (κ3) is 1.69. The Balaban J connectivity index is 2.16. The smallest absolute Gasteiger partial charge is 0.220 e. The van der Waals surface area contributed by atoms with Crippen LogP contribution < -0.4 is 5.32 Å². The van der Waals surface area contributed by atoms with E-state index >= 15 is 0 Å². The number of carbonyl (C=O) groups excluding carboxylic acids is 1. The lowest BCUT2D eigenvalue weighted by Crippen LogP contribution is -2.55. The maximum atomic E-state index is 11.4. The van der Waals surface area contributed by atoms with Crippen molar-refractivity contribution in [1.82, 2.24) is 10.2 Å². The molecular weight excluding hydrogens is 168 g/mol. The van der Waals surface area contributed by atoms with Gasteiger partial charge in [-0.1, -0.05) is 0 Å². The SMILES string of the molecule is CC(=O)N1C2CCNCC1COC2. The van der Waals surface area contributed by atoms with Crippen molar-refractivity contribution in [3.63, 3.8) is 0 Å². The third-order valence-corrected chi connectivity index (χ3v) is 2.81. The zero-order valence-corrected chi connectivity index (χ0v) is 7.95. The first-order valence-electron chi connectivity index (χ1n) is 4.86. The number of morpholine rings is 1. The van der Waals surface area contributed by atoms with Crippen LogP contribution in [0.2, 0.25) is 0 Å². The highest BCUT2D eigenvalue weighted by molar-refractivity contribution is 5.74. The zero-order valence-electron chi connectivity index (χ0n) is 7.95. The van der Waals surface area contributed by atoms with E-state index in [2.05, 4.69) is 5.32 Å². The lowest BCUT2D eigenvalue weighted by Gasteiger charge is -2.39. The molecule has 2 heterocycles. The Kier molecular flexibility index (Phi) is 2.51. The number of hydrogen-bond donors (Lipinski definition) is 1. The van der Waals surface area contributed by atoms with E-state index in [1.165, 1.54) is 0 Å². The van der Waals surface area contributed by atoms with Crippen LogP contribution in [-0.4, -0.2) is 49.2 Å². The molecule has 2 unspecified atom stereocenters. The fraction of sp³-hybridized carbons (Fsp3) is 0.889. The van der Waals surface area contributed by atoms with Gasteiger partial charge in [0.25, 0.3) is 0 Å². The monoisotopic (exact) mass is 184 g/mol. The molecule has 0 aromatic heterocycles. The second-order valence-corrected chi connectivity index (χ2v) is 3.76. The first kappa shape index (κ1) is 8.97. The summed E-state index contributed by atoms with van der Waals surface area (Å²) in [6.07, 6.45) is 1.01. The van der Waals surface area contributed by atoms with Crippen LogP contribution in [0.3, 0.4) is 0 Å². The molecule has 2 atom stereocenters. The molecule has 1 N–H and O–H groups in total. The topological polar surface area (TPSA) is 41.6 Å². The summed E-state index contributed by atoms with van der Waals surface area (Å²) in [6, 6.07) is 0.546. The Morgan fingerprint density at radius 2 is 2.23 bits per heavy atom. The van der Waals surface area contributed by atoms with E-state index in [4.69, 9.17) is 4.74 Å². The molecule has 2 rings (SSSR count). The van der Waals surface area contributed by atoms with E-state index in [1.807, 2.05) is 4.90 Å². The number of amides is 1. The molecule has 4 heteroatoms. The quantitative estimate of drug-likeness (QED) is 0.557. The van der Waals surface area contributed by atoms with Gasteiger partial charge in [-0.3, -0.25) is 4.79 Å². The summed E-state index contributed by atoms with van der Waals surface area (Å²) < 4.78 is 5.46. The molecule has 13 heavy (non-hydrogen) atoms. The standard InChI is InChI=1S/C9H16N2O2/c1-7(12)11-8-2-3-10-4-9(11)6-13-5-8/h8-10H,2-6H2,1H3. The number of hydrogen-bond acceptors (Lipinski definition) is 3. The number of ether oxygens (including phenoxy) is 1. The number of nitrogens with zero attached hydrogens (tertiary/aromatic N) is 1. The minimum atomic E-state index is 0.182. The van der Waals surface area contributed by atoms with Crippen LogP contribution in [-0.2, 0) is 9.53 Å². The number of nitrogens with one attached hydrogen (secondary N) is 1. The number of rotatable bonds is 0. The summed E-state index contributed by atoms with van der Waals surface area (Å²) in [5.41, 5.74) is 0. The van der Waals surface area contributed by atoms with Crippen molar-refractivity contribution in [2.24, 2.45) is 0 Å². The molecule has 1 amide bonds. The number of carbonyl (C=O) groups is 1. The Hall–Kier alpha value is -0.610. The summed E-state index contributed by atoms with van der Waals surface area (Å²) >= 11 is 0. The van der Waals surface area contributed by atoms with Crippen molar-refractivity contribution in [3.8, 4) is 0 Å². The highest BCUT2D eigenvalue weighted by Gasteiger charge is 2.34. The predicted molar refractivity (Wildman–Crippen MR) is 48.4 cm³/mol. The van der Waals surface area contributed by atoms with Crippen LogP contribution in [0, 0.1) is 0 Å². The summed E-state index contributed by atoms with van der Waals surface area (Å²) in [5.74, 6) is 0.182. The molecule has 2 bridgehead atoms. The van der Waals surface area contributed by atoms with Gasteiger partial charge in [0.05, 0.1) is 25.3 Å². The largest absolute Gasteiger partial charge is 0.377 e. The van der Waals surface area contributed by atoms with Gasteiger partial charge < -0.3 is 15.0 Å². The average Bonchev–Trinajstić information content (AvgIpc) is 2.22. The molecule has 2 aliphatic rings. The number of fused-ring (bicyclic) bond motifs is 2. The molecule has 0 saturated carbocycles. The van der Waals surface area contributed by atoms with Crippen molar-refractivity contribution in [1.29, 1.82) is 0 Å². The van der Waals surface area contributed by atoms with Crippen molar-refractivity contribution in [2.45, 2.75) is 25.4 Å². The molecule has 2 aliphatic heterocycles. The zero-order chi connectivity index (χ0) is 9.26. The molecule has 0 aliphatic carbocycles. The van der Waals surface area contributed by atoms with Gasteiger partial charge >= 0.3 is 0 Å². The summed E-state index contributed by atoms with van der Waals surface area (Å²) in [4.78, 5) is 13.4. The van der Waals surface area contributed by atoms with E-state index in [9.17, 15) is 4.79 Å². The molecule has 0 aromatic carbocycles. The summed E-state index contributed by atoms with van der Waals surface area (Å²) in [7, 11) is 0. The molecular formula is C9H16N2O2. The average molecular weight is 184 g/mol. The van der Waals surface area contributed by atoms with Crippen molar-refractivity contribution >= 4 is 5.91 Å². The fourth-order valence-corrected chi connectivity index (χ4v) is 2.23. The van der Waals surface area contributed by atoms with Crippen molar-refractivity contribution < 1.29 is 9.53 Å². The van der Waals surface area contributed by atoms with Gasteiger partial charge in [0, 0.05) is 13.5 Å². The molecule has 0 radical (unpaired) electrons. The Labute approximate surface area is 78.2 Å². The third-order valence-electron chi connectivity index (χ3n) is 2.81. The van der Waals surface area contributed by atoms with Gasteiger partial charge in [-0.2, -0.15) is 0 Å². The van der Waals surface area contributed by atoms with Gasteiger partial charge in [0.2, 0.25) is 5.91 Å². The van der Waals surface area contributed by atoms with Gasteiger partial charge in [-0.15, -0.1) is 0 Å². The van der Waals surface area contributed by atoms with E-state index in [0.29, 0.717) is 19.3 Å². The van der Waals surface area contributed by atoms with E-state index in [-0.39, 0.29) is 11.9 Å². The second kappa shape index (κ2) is 3.64. The van der Waals surface area contributed by atoms with Crippen LogP contribution in [0.5, 0.6) is 0 Å². The van der Waals surface area contributed by atoms with Crippen LogP contribution in [0.15, 0.2) is 0 Å². The van der Waals surface area contributed by atoms with Gasteiger partial charge in [-0.05, 0) is 13.0 Å². The highest BCUT2D eigenvalue weighted by Crippen LogP contribution is 2.18. The summed E-state index contributed by atoms with van der Waals surface area (Å²) in [6.45, 7) is 4.90. The molecule has 0 spiro atoms. The fourth-order valence-electron chi connectivity index (χ4n) is 2.23. The first-order chi connectivity index (χ1) is 6.29. The van der Waals surface area contributed by atoms with Gasteiger partial charge in [-0.25, -0.2) is 0 Å². The van der Waals surface area contributed by atoms with E-state index in [0.717, 1.165) is 19.5 Å². The minimum absolute atomic E-state index is 0.182. The Morgan fingerprint density at radius 1 is 1.46 bits per heavy atom. The van der Waals surface area contributed by atoms with Crippen LogP contribution in [0.4, 0.5) is 0 Å². The Morgan fingerprint density at radius 3 is 3.00 bits per heavy atom. The minimum Gasteiger partial charge on any atom is -0.377 e. The molecule has 4 nitrogen and oxygen atoms in total. The normalized spacial score (nSPS) is 34.1. The maximum absolute atomic E-state index is 11.4. The van der Waals surface area contributed by atoms with Crippen molar-refractivity contribution in [2.75, 3.05) is 26.3 Å². The van der Waals surface area contributed by atoms with Gasteiger partial charge in [0.1, 0.15) is 0 Å². The summed E-state index contributed by atoms with van der Waals surface area (Å²) in [5, 5.41) is 3.33. The molecule has 0 aromatic rings. The maximum Gasteiger partial charge on any atom is 0.220 e. The predicted octanol–water partition coefficient (Wildman–Crippen LogP) is -0.404. The molecule has 2 saturated heterocycles. The second-order valence-electron chi connectivity index (χ2n) is 3.76.